The summed E-state index contributed by atoms with van der Waals surface area (Å²) in [5, 5.41) is 12.1. The minimum absolute atomic E-state index is 0.0705. The number of rotatable bonds is 4. The summed E-state index contributed by atoms with van der Waals surface area (Å²) in [6.45, 7) is 0.669. The first-order valence-corrected chi connectivity index (χ1v) is 8.98. The molecule has 4 rings (SSSR count). The van der Waals surface area contributed by atoms with Gasteiger partial charge in [0.15, 0.2) is 0 Å². The van der Waals surface area contributed by atoms with Crippen LogP contribution < -0.4 is 0 Å². The van der Waals surface area contributed by atoms with Gasteiger partial charge in [-0.3, -0.25) is 15.1 Å². The van der Waals surface area contributed by atoms with Crippen LogP contribution in [0.2, 0.25) is 0 Å². The lowest BCUT2D eigenvalue weighted by atomic mass is 9.98. The third kappa shape index (κ3) is 3.30. The number of hydrogen-bond donors (Lipinski definition) is 0. The lowest BCUT2D eigenvalue weighted by Crippen LogP contribution is -1.98. The Morgan fingerprint density at radius 3 is 2.77 bits per heavy atom. The molecule has 0 fully saturated rings. The van der Waals surface area contributed by atoms with Gasteiger partial charge in [-0.25, -0.2) is 4.98 Å². The molecule has 0 bridgehead atoms. The molecule has 26 heavy (non-hydrogen) atoms. The van der Waals surface area contributed by atoms with E-state index in [0.29, 0.717) is 6.54 Å². The Labute approximate surface area is 162 Å². The van der Waals surface area contributed by atoms with Crippen molar-refractivity contribution in [1.82, 2.24) is 14.5 Å². The van der Waals surface area contributed by atoms with E-state index in [-0.39, 0.29) is 10.6 Å². The number of nitro benzene ring substituents is 1. The average molecular weight is 456 g/mol. The van der Waals surface area contributed by atoms with Crippen molar-refractivity contribution in [3.05, 3.63) is 86.6 Å². The molecule has 0 spiro atoms. The fourth-order valence-corrected chi connectivity index (χ4v) is 3.47. The van der Waals surface area contributed by atoms with Gasteiger partial charge in [0.05, 0.1) is 16.8 Å². The van der Waals surface area contributed by atoms with Crippen molar-refractivity contribution in [3.63, 3.8) is 0 Å². The van der Waals surface area contributed by atoms with Gasteiger partial charge in [0.25, 0.3) is 5.69 Å². The largest absolute Gasteiger partial charge is 0.332 e. The summed E-state index contributed by atoms with van der Waals surface area (Å²) in [6, 6.07) is 14.7. The Balaban J connectivity index is 1.87. The monoisotopic (exact) mass is 456 g/mol. The topological polar surface area (TPSA) is 73.8 Å². The van der Waals surface area contributed by atoms with Crippen LogP contribution >= 0.6 is 22.6 Å². The molecule has 2 heterocycles. The number of non-ortho nitro benzene ring substituents is 1. The summed E-state index contributed by atoms with van der Waals surface area (Å²) in [6.07, 6.45) is 5.50. The zero-order valence-corrected chi connectivity index (χ0v) is 15.7. The molecule has 0 amide bonds. The SMILES string of the molecule is O=[N+]([O-])c1cccc(-c2cc(Cn3cnc(I)c3)cc3cccnc23)c1. The number of benzene rings is 2. The number of fused-ring (bicyclic) bond motifs is 1. The van der Waals surface area contributed by atoms with Crippen molar-refractivity contribution >= 4 is 39.2 Å². The predicted molar refractivity (Wildman–Crippen MR) is 108 cm³/mol. The molecule has 0 atom stereocenters. The number of nitro groups is 1. The van der Waals surface area contributed by atoms with E-state index in [4.69, 9.17) is 0 Å². The van der Waals surface area contributed by atoms with Crippen LogP contribution in [0, 0.1) is 13.8 Å². The fourth-order valence-electron chi connectivity index (χ4n) is 2.98. The van der Waals surface area contributed by atoms with Crippen LogP contribution in [0.1, 0.15) is 5.56 Å². The summed E-state index contributed by atoms with van der Waals surface area (Å²) in [5.41, 5.74) is 3.65. The molecule has 7 heteroatoms. The van der Waals surface area contributed by atoms with Gasteiger partial charge in [0.1, 0.15) is 3.70 Å². The zero-order valence-electron chi connectivity index (χ0n) is 13.5. The van der Waals surface area contributed by atoms with E-state index >= 15 is 0 Å². The first-order valence-electron chi connectivity index (χ1n) is 7.90. The molecule has 2 aromatic carbocycles. The Morgan fingerprint density at radius 1 is 1.12 bits per heavy atom. The normalized spacial score (nSPS) is 11.0. The summed E-state index contributed by atoms with van der Waals surface area (Å²) < 4.78 is 2.94. The molecule has 6 nitrogen and oxygen atoms in total. The van der Waals surface area contributed by atoms with Crippen LogP contribution in [0.15, 0.2) is 67.3 Å². The molecule has 4 aromatic rings. The van der Waals surface area contributed by atoms with E-state index in [2.05, 4.69) is 38.6 Å². The Morgan fingerprint density at radius 2 is 2.00 bits per heavy atom. The van der Waals surface area contributed by atoms with Crippen molar-refractivity contribution in [3.8, 4) is 11.1 Å². The van der Waals surface area contributed by atoms with Crippen molar-refractivity contribution < 1.29 is 4.92 Å². The average Bonchev–Trinajstić information content (AvgIpc) is 3.06. The highest BCUT2D eigenvalue weighted by atomic mass is 127. The molecule has 128 valence electrons. The van der Waals surface area contributed by atoms with Crippen LogP contribution in [0.5, 0.6) is 0 Å². The summed E-state index contributed by atoms with van der Waals surface area (Å²) in [4.78, 5) is 19.5. The van der Waals surface area contributed by atoms with Crippen molar-refractivity contribution in [2.75, 3.05) is 0 Å². The Bertz CT molecular complexity index is 1120. The third-order valence-electron chi connectivity index (χ3n) is 4.10. The van der Waals surface area contributed by atoms with E-state index in [9.17, 15) is 10.1 Å². The second-order valence-corrected chi connectivity index (χ2v) is 7.00. The molecule has 0 N–H and O–H groups in total. The minimum Gasteiger partial charge on any atom is -0.332 e. The van der Waals surface area contributed by atoms with Crippen molar-refractivity contribution in [2.45, 2.75) is 6.54 Å². The molecule has 0 saturated carbocycles. The third-order valence-corrected chi connectivity index (χ3v) is 4.66. The highest BCUT2D eigenvalue weighted by Gasteiger charge is 2.12. The number of pyridine rings is 1. The molecule has 0 aliphatic carbocycles. The van der Waals surface area contributed by atoms with Gasteiger partial charge in [-0.1, -0.05) is 18.2 Å². The van der Waals surface area contributed by atoms with Gasteiger partial charge < -0.3 is 4.57 Å². The highest BCUT2D eigenvalue weighted by Crippen LogP contribution is 2.31. The molecule has 0 unspecified atom stereocenters. The van der Waals surface area contributed by atoms with Crippen LogP contribution in [-0.4, -0.2) is 19.5 Å². The van der Waals surface area contributed by atoms with E-state index in [1.807, 2.05) is 35.0 Å². The van der Waals surface area contributed by atoms with Gasteiger partial charge >= 0.3 is 0 Å². The van der Waals surface area contributed by atoms with Crippen LogP contribution in [0.3, 0.4) is 0 Å². The smallest absolute Gasteiger partial charge is 0.270 e. The highest BCUT2D eigenvalue weighted by molar-refractivity contribution is 14.1. The van der Waals surface area contributed by atoms with Gasteiger partial charge in [0.2, 0.25) is 0 Å². The first kappa shape index (κ1) is 16.6. The molecule has 0 aliphatic heterocycles. The van der Waals surface area contributed by atoms with Crippen LogP contribution in [0.25, 0.3) is 22.0 Å². The molecule has 0 radical (unpaired) electrons. The minimum atomic E-state index is -0.379. The number of nitrogens with zero attached hydrogens (tertiary/aromatic N) is 4. The van der Waals surface area contributed by atoms with Crippen LogP contribution in [0.4, 0.5) is 5.69 Å². The molecular formula is C19H13IN4O2. The van der Waals surface area contributed by atoms with Gasteiger partial charge in [-0.15, -0.1) is 0 Å². The van der Waals surface area contributed by atoms with Crippen LogP contribution in [-0.2, 0) is 6.54 Å². The van der Waals surface area contributed by atoms with Crippen molar-refractivity contribution in [2.24, 2.45) is 0 Å². The number of imidazole rings is 1. The Hall–Kier alpha value is -2.81. The van der Waals surface area contributed by atoms with E-state index in [1.54, 1.807) is 24.7 Å². The second-order valence-electron chi connectivity index (χ2n) is 5.89. The molecular weight excluding hydrogens is 443 g/mol. The zero-order chi connectivity index (χ0) is 18.1. The van der Waals surface area contributed by atoms with Gasteiger partial charge in [0, 0.05) is 42.0 Å². The van der Waals surface area contributed by atoms with Crippen molar-refractivity contribution in [1.29, 1.82) is 0 Å². The quantitative estimate of drug-likeness (QED) is 0.255. The number of hydrogen-bond acceptors (Lipinski definition) is 4. The molecule has 0 aliphatic rings. The summed E-state index contributed by atoms with van der Waals surface area (Å²) in [5.74, 6) is 0. The lowest BCUT2D eigenvalue weighted by Gasteiger charge is -2.10. The Kier molecular flexibility index (Phi) is 4.37. The molecule has 0 saturated heterocycles. The summed E-state index contributed by atoms with van der Waals surface area (Å²) in [7, 11) is 0. The first-order chi connectivity index (χ1) is 12.6. The predicted octanol–water partition coefficient (Wildman–Crippen LogP) is 4.66. The molecule has 2 aromatic heterocycles. The second kappa shape index (κ2) is 6.83. The fraction of sp³-hybridized carbons (Fsp3) is 0.0526. The van der Waals surface area contributed by atoms with E-state index in [0.717, 1.165) is 31.3 Å². The standard InChI is InChI=1S/C19H13IN4O2/c20-18-11-23(12-22-18)10-13-7-15-4-2-6-21-19(15)17(8-13)14-3-1-5-16(9-14)24(25)26/h1-9,11-12H,10H2. The van der Waals surface area contributed by atoms with Gasteiger partial charge in [-0.2, -0.15) is 0 Å². The summed E-state index contributed by atoms with van der Waals surface area (Å²) >= 11 is 2.18. The maximum absolute atomic E-state index is 11.1. The van der Waals surface area contributed by atoms with Gasteiger partial charge in [-0.05, 0) is 51.9 Å². The van der Waals surface area contributed by atoms with E-state index < -0.39 is 0 Å². The number of aromatic nitrogens is 3. The number of halogens is 1. The maximum Gasteiger partial charge on any atom is 0.270 e. The van der Waals surface area contributed by atoms with E-state index in [1.165, 1.54) is 6.07 Å². The lowest BCUT2D eigenvalue weighted by molar-refractivity contribution is -0.384. The maximum atomic E-state index is 11.1.